The quantitative estimate of drug-likeness (QED) is 0.183. The molecule has 3 heterocycles. The fourth-order valence-electron chi connectivity index (χ4n) is 3.91. The third-order valence-electron chi connectivity index (χ3n) is 5.85. The normalized spacial score (nSPS) is 14.2. The molecule has 0 amide bonds. The Morgan fingerprint density at radius 3 is 2.66 bits per heavy atom. The molecule has 0 spiro atoms. The minimum atomic E-state index is -0.626. The predicted molar refractivity (Wildman–Crippen MR) is 138 cm³/mol. The Balaban J connectivity index is 1.45. The summed E-state index contributed by atoms with van der Waals surface area (Å²) in [5, 5.41) is 24.0. The Labute approximate surface area is 216 Å². The molecular formula is C26H24FN5O6. The first-order chi connectivity index (χ1) is 18.4. The van der Waals surface area contributed by atoms with Crippen molar-refractivity contribution in [3.8, 4) is 11.5 Å². The van der Waals surface area contributed by atoms with Crippen LogP contribution in [0, 0.1) is 15.9 Å². The Kier molecular flexibility index (Phi) is 7.43. The molecule has 12 heteroatoms. The van der Waals surface area contributed by atoms with E-state index < -0.39 is 10.7 Å². The van der Waals surface area contributed by atoms with Gasteiger partial charge in [-0.1, -0.05) is 0 Å². The zero-order valence-corrected chi connectivity index (χ0v) is 20.2. The molecule has 1 saturated heterocycles. The number of anilines is 2. The summed E-state index contributed by atoms with van der Waals surface area (Å²) in [5.74, 6) is 0.0601. The van der Waals surface area contributed by atoms with Crippen molar-refractivity contribution in [2.45, 2.75) is 0 Å². The van der Waals surface area contributed by atoms with E-state index in [-0.39, 0.29) is 29.0 Å². The van der Waals surface area contributed by atoms with Gasteiger partial charge in [0.15, 0.2) is 17.4 Å². The number of nitrogens with one attached hydrogen (secondary N) is 1. The van der Waals surface area contributed by atoms with E-state index in [4.69, 9.17) is 13.9 Å². The van der Waals surface area contributed by atoms with E-state index in [9.17, 15) is 15.2 Å². The summed E-state index contributed by atoms with van der Waals surface area (Å²) in [6.07, 6.45) is 3.04. The van der Waals surface area contributed by atoms with Crippen LogP contribution < -0.4 is 10.1 Å². The van der Waals surface area contributed by atoms with Gasteiger partial charge in [0.05, 0.1) is 24.8 Å². The monoisotopic (exact) mass is 521 g/mol. The maximum atomic E-state index is 15.0. The average Bonchev–Trinajstić information content (AvgIpc) is 3.40. The van der Waals surface area contributed by atoms with E-state index in [1.54, 1.807) is 12.1 Å². The lowest BCUT2D eigenvalue weighted by Crippen LogP contribution is -2.38. The molecule has 4 aromatic rings. The molecule has 11 nitrogen and oxygen atoms in total. The van der Waals surface area contributed by atoms with E-state index in [1.165, 1.54) is 48.6 Å². The van der Waals surface area contributed by atoms with Crippen LogP contribution in [0.25, 0.3) is 23.1 Å². The van der Waals surface area contributed by atoms with Crippen molar-refractivity contribution in [2.75, 3.05) is 44.8 Å². The minimum absolute atomic E-state index is 0.0663. The lowest BCUT2D eigenvalue weighted by molar-refractivity contribution is -0.402. The molecule has 38 heavy (non-hydrogen) atoms. The van der Waals surface area contributed by atoms with Crippen molar-refractivity contribution in [2.24, 2.45) is 0 Å². The predicted octanol–water partition coefficient (Wildman–Crippen LogP) is 4.60. The fraction of sp³-hybridized carbons (Fsp3) is 0.231. The molecule has 1 aliphatic rings. The Morgan fingerprint density at radius 2 is 1.92 bits per heavy atom. The first-order valence-corrected chi connectivity index (χ1v) is 11.9. The average molecular weight is 522 g/mol. The van der Waals surface area contributed by atoms with Crippen LogP contribution in [0.3, 0.4) is 0 Å². The number of phenols is 1. The molecule has 196 valence electrons. The Morgan fingerprint density at radius 1 is 1.13 bits per heavy atom. The van der Waals surface area contributed by atoms with E-state index in [0.717, 1.165) is 13.1 Å². The zero-order chi connectivity index (χ0) is 26.5. The molecule has 1 fully saturated rings. The summed E-state index contributed by atoms with van der Waals surface area (Å²) in [7, 11) is 0. The number of fused-ring (bicyclic) bond motifs is 1. The number of furan rings is 1. The fourth-order valence-corrected chi connectivity index (χ4v) is 3.91. The highest BCUT2D eigenvalue weighted by Gasteiger charge is 2.15. The van der Waals surface area contributed by atoms with Crippen LogP contribution in [-0.4, -0.2) is 64.4 Å². The number of benzene rings is 2. The number of aromatic nitrogens is 2. The summed E-state index contributed by atoms with van der Waals surface area (Å²) in [4.78, 5) is 21.5. The van der Waals surface area contributed by atoms with Crippen LogP contribution in [0.2, 0.25) is 0 Å². The van der Waals surface area contributed by atoms with Gasteiger partial charge in [-0.3, -0.25) is 15.0 Å². The van der Waals surface area contributed by atoms with Crippen LogP contribution in [0.5, 0.6) is 11.5 Å². The number of rotatable bonds is 9. The Hall–Kier alpha value is -4.55. The molecule has 2 N–H and O–H groups in total. The number of ether oxygens (including phenoxy) is 2. The van der Waals surface area contributed by atoms with Crippen LogP contribution in [-0.2, 0) is 4.74 Å². The molecule has 5 rings (SSSR count). The molecule has 2 aromatic carbocycles. The summed E-state index contributed by atoms with van der Waals surface area (Å²) >= 11 is 0. The lowest BCUT2D eigenvalue weighted by atomic mass is 10.2. The smallest absolute Gasteiger partial charge is 0.433 e. The van der Waals surface area contributed by atoms with Crippen LogP contribution in [0.4, 0.5) is 21.8 Å². The number of aromatic hydroxyl groups is 1. The molecular weight excluding hydrogens is 497 g/mol. The van der Waals surface area contributed by atoms with Gasteiger partial charge in [0.25, 0.3) is 0 Å². The van der Waals surface area contributed by atoms with Gasteiger partial charge in [-0.25, -0.2) is 14.4 Å². The number of nitrogens with zero attached hydrogens (tertiary/aromatic N) is 4. The number of morpholine rings is 1. The highest BCUT2D eigenvalue weighted by atomic mass is 19.1. The molecule has 0 bridgehead atoms. The van der Waals surface area contributed by atoms with Crippen molar-refractivity contribution in [1.82, 2.24) is 14.9 Å². The van der Waals surface area contributed by atoms with Gasteiger partial charge in [-0.05, 0) is 48.6 Å². The molecule has 0 aliphatic carbocycles. The highest BCUT2D eigenvalue weighted by molar-refractivity contribution is 5.92. The molecule has 1 aliphatic heterocycles. The summed E-state index contributed by atoms with van der Waals surface area (Å²) in [5.41, 5.74) is 1.04. The second kappa shape index (κ2) is 11.2. The maximum Gasteiger partial charge on any atom is 0.433 e. The van der Waals surface area contributed by atoms with Crippen molar-refractivity contribution < 1.29 is 28.3 Å². The Bertz CT molecular complexity index is 1470. The largest absolute Gasteiger partial charge is 0.508 e. The van der Waals surface area contributed by atoms with Crippen molar-refractivity contribution in [3.05, 3.63) is 76.0 Å². The second-order valence-electron chi connectivity index (χ2n) is 8.47. The number of hydrogen-bond acceptors (Lipinski definition) is 10. The number of phenolic OH excluding ortho intramolecular Hbond substituents is 1. The summed E-state index contributed by atoms with van der Waals surface area (Å²) in [6, 6.07) is 11.9. The minimum Gasteiger partial charge on any atom is -0.508 e. The van der Waals surface area contributed by atoms with Gasteiger partial charge in [0.1, 0.15) is 28.9 Å². The third kappa shape index (κ3) is 6.05. The second-order valence-corrected chi connectivity index (χ2v) is 8.47. The summed E-state index contributed by atoms with van der Waals surface area (Å²) < 4.78 is 31.3. The SMILES string of the molecule is O=[N+]([O-])c1ccc(/C=C/c2nc(Nc3ccc(O)cc3)c3cc(F)c(OCCN4CCOCC4)cc3n2)o1. The maximum absolute atomic E-state index is 15.0. The van der Waals surface area contributed by atoms with E-state index in [2.05, 4.69) is 20.2 Å². The molecule has 0 saturated carbocycles. The zero-order valence-electron chi connectivity index (χ0n) is 20.2. The van der Waals surface area contributed by atoms with Gasteiger partial charge in [-0.15, -0.1) is 0 Å². The first-order valence-electron chi connectivity index (χ1n) is 11.9. The van der Waals surface area contributed by atoms with Gasteiger partial charge >= 0.3 is 5.88 Å². The number of hydrogen-bond donors (Lipinski definition) is 2. The topological polar surface area (TPSA) is 136 Å². The van der Waals surface area contributed by atoms with Crippen LogP contribution in [0.1, 0.15) is 11.6 Å². The third-order valence-corrected chi connectivity index (χ3v) is 5.85. The number of nitro groups is 1. The van der Waals surface area contributed by atoms with E-state index in [1.807, 2.05) is 0 Å². The van der Waals surface area contributed by atoms with Gasteiger partial charge in [0.2, 0.25) is 0 Å². The van der Waals surface area contributed by atoms with Gasteiger partial charge in [0, 0.05) is 36.8 Å². The molecule has 0 unspecified atom stereocenters. The van der Waals surface area contributed by atoms with Crippen molar-refractivity contribution >= 4 is 40.4 Å². The number of halogens is 1. The van der Waals surface area contributed by atoms with E-state index >= 15 is 4.39 Å². The van der Waals surface area contributed by atoms with E-state index in [0.29, 0.717) is 48.8 Å². The molecule has 2 aromatic heterocycles. The molecule has 0 atom stereocenters. The highest BCUT2D eigenvalue weighted by Crippen LogP contribution is 2.30. The van der Waals surface area contributed by atoms with Crippen LogP contribution in [0.15, 0.2) is 52.9 Å². The molecule has 0 radical (unpaired) electrons. The van der Waals surface area contributed by atoms with Gasteiger partial charge < -0.3 is 24.3 Å². The first kappa shape index (κ1) is 25.1. The van der Waals surface area contributed by atoms with Gasteiger partial charge in [-0.2, -0.15) is 0 Å². The lowest BCUT2D eigenvalue weighted by Gasteiger charge is -2.26. The van der Waals surface area contributed by atoms with Crippen molar-refractivity contribution in [3.63, 3.8) is 0 Å². The van der Waals surface area contributed by atoms with Crippen LogP contribution >= 0.6 is 0 Å². The summed E-state index contributed by atoms with van der Waals surface area (Å²) in [6.45, 7) is 3.88. The standard InChI is InChI=1S/C26H24FN5O6/c27-21-15-20-22(16-23(21)37-14-11-31-9-12-36-13-10-31)29-24(7-5-19-6-8-25(38-19)32(34)35)30-26(20)28-17-1-3-18(33)4-2-17/h1-8,15-16,33H,9-14H2,(H,28,29,30)/b7-5+. The van der Waals surface area contributed by atoms with Crippen molar-refractivity contribution in [1.29, 1.82) is 0 Å².